The van der Waals surface area contributed by atoms with Crippen LogP contribution in [0.25, 0.3) is 11.1 Å². The maximum Gasteiger partial charge on any atom is -1.00 e. The van der Waals surface area contributed by atoms with E-state index in [1.807, 2.05) is 0 Å². The first-order chi connectivity index (χ1) is 15.0. The molecule has 0 saturated carbocycles. The number of hydrogen-bond donors (Lipinski definition) is 0. The van der Waals surface area contributed by atoms with Crippen LogP contribution in [0.15, 0.2) is 99.9 Å². The SMILES string of the molecule is CC(C)(C)C1=CC[C](/[Zr+2](=[CH]/Cc2ccccc2)[CH]2c3ccccc3-c3ccccc32)=C1.[Cl-].[Cl-]. The average Bonchev–Trinajstić information content (AvgIpc) is 3.39. The molecule has 2 aliphatic rings. The topological polar surface area (TPSA) is 0 Å². The minimum atomic E-state index is -2.16. The molecule has 0 saturated heterocycles. The Morgan fingerprint density at radius 2 is 1.33 bits per heavy atom. The van der Waals surface area contributed by atoms with Crippen LogP contribution in [0.3, 0.4) is 0 Å². The van der Waals surface area contributed by atoms with Gasteiger partial charge in [-0.25, -0.2) is 0 Å². The summed E-state index contributed by atoms with van der Waals surface area (Å²) in [6, 6.07) is 29.3. The molecule has 0 atom stereocenters. The molecule has 168 valence electrons. The summed E-state index contributed by atoms with van der Waals surface area (Å²) < 4.78 is 5.10. The molecule has 2 aliphatic carbocycles. The quantitative estimate of drug-likeness (QED) is 0.463. The van der Waals surface area contributed by atoms with Crippen LogP contribution in [-0.2, 0) is 27.7 Å². The van der Waals surface area contributed by atoms with Crippen molar-refractivity contribution in [2.24, 2.45) is 5.41 Å². The molecule has 0 bridgehead atoms. The first-order valence-electron chi connectivity index (χ1n) is 11.4. The van der Waals surface area contributed by atoms with Gasteiger partial charge in [0, 0.05) is 0 Å². The predicted octanol–water partition coefficient (Wildman–Crippen LogP) is 1.69. The van der Waals surface area contributed by atoms with E-state index in [1.165, 1.54) is 22.3 Å². The predicted molar refractivity (Wildman–Crippen MR) is 130 cm³/mol. The summed E-state index contributed by atoms with van der Waals surface area (Å²) in [5, 5.41) is 0. The number of hydrogen-bond acceptors (Lipinski definition) is 0. The van der Waals surface area contributed by atoms with E-state index >= 15 is 0 Å². The van der Waals surface area contributed by atoms with Gasteiger partial charge in [0.15, 0.2) is 0 Å². The number of fused-ring (bicyclic) bond motifs is 3. The van der Waals surface area contributed by atoms with Crippen molar-refractivity contribution in [3.63, 3.8) is 0 Å². The summed E-state index contributed by atoms with van der Waals surface area (Å²) in [5.74, 6) is 0. The Labute approximate surface area is 218 Å². The van der Waals surface area contributed by atoms with Gasteiger partial charge in [0.05, 0.1) is 0 Å². The molecular weight excluding hydrogens is 522 g/mol. The van der Waals surface area contributed by atoms with Gasteiger partial charge in [-0.05, 0) is 0 Å². The van der Waals surface area contributed by atoms with Crippen molar-refractivity contribution < 1.29 is 46.1 Å². The van der Waals surface area contributed by atoms with Crippen LogP contribution in [0.5, 0.6) is 0 Å². The molecule has 0 amide bonds. The van der Waals surface area contributed by atoms with Crippen molar-refractivity contribution >= 4 is 3.71 Å². The fourth-order valence-corrected chi connectivity index (χ4v) is 12.8. The maximum absolute atomic E-state index is 2.77. The van der Waals surface area contributed by atoms with E-state index in [0.29, 0.717) is 3.63 Å². The van der Waals surface area contributed by atoms with Crippen molar-refractivity contribution in [2.45, 2.75) is 37.2 Å². The van der Waals surface area contributed by atoms with Gasteiger partial charge < -0.3 is 24.8 Å². The van der Waals surface area contributed by atoms with Gasteiger partial charge in [-0.2, -0.15) is 0 Å². The van der Waals surface area contributed by atoms with E-state index in [9.17, 15) is 0 Å². The number of rotatable bonds is 4. The summed E-state index contributed by atoms with van der Waals surface area (Å²) in [5.41, 5.74) is 9.21. The van der Waals surface area contributed by atoms with Crippen LogP contribution < -0.4 is 24.8 Å². The minimum absolute atomic E-state index is 0. The molecule has 0 spiro atoms. The third kappa shape index (κ3) is 5.27. The molecule has 33 heavy (non-hydrogen) atoms. The van der Waals surface area contributed by atoms with Gasteiger partial charge in [0.1, 0.15) is 0 Å². The van der Waals surface area contributed by atoms with Crippen molar-refractivity contribution in [2.75, 3.05) is 0 Å². The molecule has 3 heteroatoms. The van der Waals surface area contributed by atoms with Crippen molar-refractivity contribution in [1.29, 1.82) is 0 Å². The zero-order valence-corrected chi connectivity index (χ0v) is 23.5. The second-order valence-electron chi connectivity index (χ2n) is 9.74. The van der Waals surface area contributed by atoms with Gasteiger partial charge in [-0.15, -0.1) is 0 Å². The van der Waals surface area contributed by atoms with Crippen LogP contribution in [0, 0.1) is 5.41 Å². The Kier molecular flexibility index (Phi) is 8.55. The van der Waals surface area contributed by atoms with Gasteiger partial charge in [0.25, 0.3) is 0 Å². The van der Waals surface area contributed by atoms with Crippen LogP contribution in [-0.4, -0.2) is 3.71 Å². The summed E-state index contributed by atoms with van der Waals surface area (Å²) >= 11 is -2.16. The molecule has 0 aromatic heterocycles. The molecular formula is C30H30Cl2Zr. The monoisotopic (exact) mass is 550 g/mol. The number of benzene rings is 3. The van der Waals surface area contributed by atoms with Crippen LogP contribution >= 0.6 is 0 Å². The summed E-state index contributed by atoms with van der Waals surface area (Å²) in [7, 11) is 0. The van der Waals surface area contributed by atoms with Crippen LogP contribution in [0.1, 0.15) is 47.5 Å². The minimum Gasteiger partial charge on any atom is -1.00 e. The van der Waals surface area contributed by atoms with Crippen LogP contribution in [0.4, 0.5) is 0 Å². The molecule has 0 N–H and O–H groups in total. The smallest absolute Gasteiger partial charge is 1.00 e. The normalized spacial score (nSPS) is 14.5. The molecule has 0 aliphatic heterocycles. The number of allylic oxidation sites excluding steroid dienone is 4. The second-order valence-corrected chi connectivity index (χ2v) is 16.0. The first-order valence-corrected chi connectivity index (χ1v) is 15.4. The van der Waals surface area contributed by atoms with E-state index in [0.717, 1.165) is 12.8 Å². The molecule has 0 nitrogen and oxygen atoms in total. The molecule has 5 rings (SSSR count). The van der Waals surface area contributed by atoms with Crippen molar-refractivity contribution in [1.82, 2.24) is 0 Å². The van der Waals surface area contributed by atoms with Gasteiger partial charge in [0.2, 0.25) is 0 Å². The molecule has 0 radical (unpaired) electrons. The van der Waals surface area contributed by atoms with E-state index in [2.05, 4.69) is 115 Å². The Balaban J connectivity index is 0.00000153. The zero-order valence-electron chi connectivity index (χ0n) is 19.5. The maximum atomic E-state index is 2.77. The molecule has 3 aromatic rings. The summed E-state index contributed by atoms with van der Waals surface area (Å²) in [6.07, 6.45) is 7.31. The van der Waals surface area contributed by atoms with E-state index < -0.39 is 21.3 Å². The molecule has 3 aromatic carbocycles. The third-order valence-electron chi connectivity index (χ3n) is 6.65. The first kappa shape index (κ1) is 26.1. The molecule has 0 unspecified atom stereocenters. The fourth-order valence-electron chi connectivity index (χ4n) is 5.02. The summed E-state index contributed by atoms with van der Waals surface area (Å²) in [4.78, 5) is 0. The third-order valence-corrected chi connectivity index (χ3v) is 14.0. The largest absolute Gasteiger partial charge is 1.00 e. The van der Waals surface area contributed by atoms with Gasteiger partial charge in [-0.3, -0.25) is 0 Å². The second kappa shape index (κ2) is 10.8. The van der Waals surface area contributed by atoms with Gasteiger partial charge >= 0.3 is 195 Å². The Morgan fingerprint density at radius 1 is 0.788 bits per heavy atom. The average molecular weight is 553 g/mol. The Bertz CT molecular complexity index is 1170. The zero-order chi connectivity index (χ0) is 21.4. The van der Waals surface area contributed by atoms with Crippen molar-refractivity contribution in [3.05, 3.63) is 117 Å². The Hall–Kier alpha value is -1.53. The van der Waals surface area contributed by atoms with E-state index in [-0.39, 0.29) is 30.2 Å². The Morgan fingerprint density at radius 3 is 1.88 bits per heavy atom. The molecule has 0 fully saturated rings. The van der Waals surface area contributed by atoms with E-state index in [4.69, 9.17) is 0 Å². The fraction of sp³-hybridized carbons (Fsp3) is 0.233. The van der Waals surface area contributed by atoms with Gasteiger partial charge in [-0.1, -0.05) is 0 Å². The summed E-state index contributed by atoms with van der Waals surface area (Å²) in [6.45, 7) is 7.03. The number of halogens is 2. The standard InChI is InChI=1S/C13H9.C9H13.C8H8.2ClH.Zr/c1-3-7-12-10(5-1)9-11-6-2-4-8-13(11)12;1-9(2,3)8-6-4-5-7-8;1-2-8-6-4-3-5-7-8;;;/h1-9H;6-7H,4H2,1-3H3;1,3-7H,2H2;2*1H;/q;;;;;+2/p-2. The van der Waals surface area contributed by atoms with Crippen molar-refractivity contribution in [3.8, 4) is 11.1 Å². The van der Waals surface area contributed by atoms with Crippen LogP contribution in [0.2, 0.25) is 0 Å². The van der Waals surface area contributed by atoms with E-state index in [1.54, 1.807) is 14.4 Å². The molecule has 0 heterocycles.